The van der Waals surface area contributed by atoms with Crippen molar-refractivity contribution in [3.05, 3.63) is 29.8 Å². The summed E-state index contributed by atoms with van der Waals surface area (Å²) in [5.41, 5.74) is 1.14. The van der Waals surface area contributed by atoms with Gasteiger partial charge in [-0.25, -0.2) is 0 Å². The fourth-order valence-electron chi connectivity index (χ4n) is 1.47. The highest BCUT2D eigenvalue weighted by Gasteiger charge is 2.03. The van der Waals surface area contributed by atoms with Gasteiger partial charge < -0.3 is 20.3 Å². The number of para-hydroxylation sites is 1. The van der Waals surface area contributed by atoms with E-state index in [1.807, 2.05) is 24.3 Å². The van der Waals surface area contributed by atoms with E-state index in [1.165, 1.54) is 0 Å². The molecule has 0 aliphatic heterocycles. The molecule has 0 aliphatic carbocycles. The van der Waals surface area contributed by atoms with Crippen molar-refractivity contribution >= 4 is 0 Å². The molecule has 0 aromatic heterocycles. The Morgan fingerprint density at radius 1 is 1.38 bits per heavy atom. The van der Waals surface area contributed by atoms with Crippen LogP contribution in [-0.4, -0.2) is 43.1 Å². The van der Waals surface area contributed by atoms with Crippen molar-refractivity contribution in [2.24, 2.45) is 0 Å². The Bertz CT molecular complexity index is 304. The lowest BCUT2D eigenvalue weighted by Crippen LogP contribution is -2.30. The number of benzene rings is 1. The molecule has 0 heterocycles. The normalized spacial score (nSPS) is 12.4. The first-order chi connectivity index (χ1) is 7.77. The summed E-state index contributed by atoms with van der Waals surface area (Å²) in [6.07, 6.45) is 0.153. The first-order valence-electron chi connectivity index (χ1n) is 5.39. The summed E-state index contributed by atoms with van der Waals surface area (Å²) in [4.78, 5) is 0. The smallest absolute Gasteiger partial charge is 0.122 e. The van der Waals surface area contributed by atoms with E-state index in [4.69, 9.17) is 14.9 Å². The summed E-state index contributed by atoms with van der Waals surface area (Å²) in [5, 5.41) is 20.8. The Balaban J connectivity index is 2.31. The van der Waals surface area contributed by atoms with Gasteiger partial charge in [-0.3, -0.25) is 0 Å². The number of rotatable bonds is 7. The summed E-state index contributed by atoms with van der Waals surface area (Å²) in [6.45, 7) is 0.949. The molecular formula is C12H19NO3. The molecule has 0 amide bonds. The Kier molecular flexibility index (Phi) is 5.85. The molecule has 1 atom stereocenters. The Labute approximate surface area is 95.9 Å². The summed E-state index contributed by atoms with van der Waals surface area (Å²) in [6, 6.07) is 7.85. The zero-order valence-corrected chi connectivity index (χ0v) is 9.52. The SMILES string of the molecule is COc1ccccc1CCNCC(O)CO. The fourth-order valence-corrected chi connectivity index (χ4v) is 1.47. The van der Waals surface area contributed by atoms with Gasteiger partial charge in [0.25, 0.3) is 0 Å². The quantitative estimate of drug-likeness (QED) is 0.579. The van der Waals surface area contributed by atoms with Crippen LogP contribution in [0.5, 0.6) is 5.75 Å². The maximum Gasteiger partial charge on any atom is 0.122 e. The molecule has 1 unspecified atom stereocenters. The Morgan fingerprint density at radius 2 is 2.12 bits per heavy atom. The summed E-state index contributed by atoms with van der Waals surface area (Å²) < 4.78 is 5.23. The van der Waals surface area contributed by atoms with Crippen LogP contribution in [-0.2, 0) is 6.42 Å². The molecule has 4 nitrogen and oxygen atoms in total. The summed E-state index contributed by atoms with van der Waals surface area (Å²) in [5.74, 6) is 0.881. The molecule has 4 heteroatoms. The Hall–Kier alpha value is -1.10. The number of methoxy groups -OCH3 is 1. The van der Waals surface area contributed by atoms with Gasteiger partial charge >= 0.3 is 0 Å². The van der Waals surface area contributed by atoms with E-state index in [1.54, 1.807) is 7.11 Å². The standard InChI is InChI=1S/C12H19NO3/c1-16-12-5-3-2-4-10(12)6-7-13-8-11(15)9-14/h2-5,11,13-15H,6-9H2,1H3. The van der Waals surface area contributed by atoms with Gasteiger partial charge in [-0.05, 0) is 24.6 Å². The molecule has 0 aliphatic rings. The van der Waals surface area contributed by atoms with Crippen molar-refractivity contribution in [1.82, 2.24) is 5.32 Å². The first-order valence-corrected chi connectivity index (χ1v) is 5.39. The molecule has 3 N–H and O–H groups in total. The van der Waals surface area contributed by atoms with Crippen LogP contribution < -0.4 is 10.1 Å². The predicted octanol–water partition coefficient (Wildman–Crippen LogP) is 0.181. The molecule has 1 aromatic rings. The monoisotopic (exact) mass is 225 g/mol. The summed E-state index contributed by atoms with van der Waals surface area (Å²) in [7, 11) is 1.65. The van der Waals surface area contributed by atoms with E-state index in [0.717, 1.165) is 24.3 Å². The van der Waals surface area contributed by atoms with Gasteiger partial charge in [0.15, 0.2) is 0 Å². The highest BCUT2D eigenvalue weighted by molar-refractivity contribution is 5.33. The van der Waals surface area contributed by atoms with E-state index in [0.29, 0.717) is 6.54 Å². The van der Waals surface area contributed by atoms with Crippen LogP contribution in [0.2, 0.25) is 0 Å². The second-order valence-electron chi connectivity index (χ2n) is 3.60. The van der Waals surface area contributed by atoms with Crippen molar-refractivity contribution in [3.63, 3.8) is 0 Å². The van der Waals surface area contributed by atoms with Gasteiger partial charge in [0.2, 0.25) is 0 Å². The molecular weight excluding hydrogens is 206 g/mol. The highest BCUT2D eigenvalue weighted by Crippen LogP contribution is 2.17. The number of nitrogens with one attached hydrogen (secondary N) is 1. The zero-order valence-electron chi connectivity index (χ0n) is 9.52. The molecule has 1 aromatic carbocycles. The third-order valence-corrected chi connectivity index (χ3v) is 2.35. The lowest BCUT2D eigenvalue weighted by molar-refractivity contribution is 0.0947. The predicted molar refractivity (Wildman–Crippen MR) is 62.7 cm³/mol. The van der Waals surface area contributed by atoms with E-state index >= 15 is 0 Å². The van der Waals surface area contributed by atoms with Gasteiger partial charge in [-0.1, -0.05) is 18.2 Å². The van der Waals surface area contributed by atoms with Crippen LogP contribution in [0.1, 0.15) is 5.56 Å². The molecule has 0 radical (unpaired) electrons. The third kappa shape index (κ3) is 4.18. The van der Waals surface area contributed by atoms with E-state index in [9.17, 15) is 0 Å². The van der Waals surface area contributed by atoms with Crippen LogP contribution in [0.4, 0.5) is 0 Å². The van der Waals surface area contributed by atoms with Gasteiger partial charge in [0.1, 0.15) is 5.75 Å². The van der Waals surface area contributed by atoms with Gasteiger partial charge in [0.05, 0.1) is 19.8 Å². The maximum absolute atomic E-state index is 9.12. The van der Waals surface area contributed by atoms with Crippen LogP contribution in [0.25, 0.3) is 0 Å². The van der Waals surface area contributed by atoms with E-state index in [-0.39, 0.29) is 6.61 Å². The molecule has 16 heavy (non-hydrogen) atoms. The van der Waals surface area contributed by atoms with E-state index < -0.39 is 6.10 Å². The van der Waals surface area contributed by atoms with Gasteiger partial charge in [-0.2, -0.15) is 0 Å². The van der Waals surface area contributed by atoms with Crippen molar-refractivity contribution in [3.8, 4) is 5.75 Å². The maximum atomic E-state index is 9.12. The average Bonchev–Trinajstić information content (AvgIpc) is 2.34. The fraction of sp³-hybridized carbons (Fsp3) is 0.500. The van der Waals surface area contributed by atoms with Gasteiger partial charge in [-0.15, -0.1) is 0 Å². The number of hydrogen-bond acceptors (Lipinski definition) is 4. The van der Waals surface area contributed by atoms with Crippen LogP contribution in [0.15, 0.2) is 24.3 Å². The average molecular weight is 225 g/mol. The Morgan fingerprint density at radius 3 is 2.81 bits per heavy atom. The van der Waals surface area contributed by atoms with Crippen molar-refractivity contribution < 1.29 is 14.9 Å². The van der Waals surface area contributed by atoms with Crippen LogP contribution in [0.3, 0.4) is 0 Å². The molecule has 0 spiro atoms. The first kappa shape index (κ1) is 13.0. The number of aliphatic hydroxyl groups excluding tert-OH is 2. The second kappa shape index (κ2) is 7.22. The number of ether oxygens (including phenoxy) is 1. The minimum atomic E-state index is -0.683. The molecule has 1 rings (SSSR count). The molecule has 0 fully saturated rings. The highest BCUT2D eigenvalue weighted by atomic mass is 16.5. The molecule has 0 saturated carbocycles. The van der Waals surface area contributed by atoms with Gasteiger partial charge in [0, 0.05) is 6.54 Å². The van der Waals surface area contributed by atoms with Crippen molar-refractivity contribution in [1.29, 1.82) is 0 Å². The minimum absolute atomic E-state index is 0.207. The van der Waals surface area contributed by atoms with E-state index in [2.05, 4.69) is 5.32 Å². The lowest BCUT2D eigenvalue weighted by atomic mass is 10.1. The van der Waals surface area contributed by atoms with Crippen LogP contribution in [0, 0.1) is 0 Å². The third-order valence-electron chi connectivity index (χ3n) is 2.35. The minimum Gasteiger partial charge on any atom is -0.496 e. The molecule has 90 valence electrons. The molecule has 0 bridgehead atoms. The number of aliphatic hydroxyl groups is 2. The summed E-state index contributed by atoms with van der Waals surface area (Å²) >= 11 is 0. The molecule has 0 saturated heterocycles. The van der Waals surface area contributed by atoms with Crippen LogP contribution >= 0.6 is 0 Å². The topological polar surface area (TPSA) is 61.7 Å². The lowest BCUT2D eigenvalue weighted by Gasteiger charge is -2.10. The van der Waals surface area contributed by atoms with Crippen molar-refractivity contribution in [2.45, 2.75) is 12.5 Å². The van der Waals surface area contributed by atoms with Crippen molar-refractivity contribution in [2.75, 3.05) is 26.8 Å². The second-order valence-corrected chi connectivity index (χ2v) is 3.60. The largest absolute Gasteiger partial charge is 0.496 e. The number of hydrogen-bond donors (Lipinski definition) is 3. The zero-order chi connectivity index (χ0) is 11.8.